The van der Waals surface area contributed by atoms with Gasteiger partial charge in [0.25, 0.3) is 0 Å². The molecule has 0 saturated carbocycles. The molecular weight excluding hydrogens is 212 g/mol. The topological polar surface area (TPSA) is 24.5 Å². The third-order valence-electron chi connectivity index (χ3n) is 2.00. The molecule has 0 atom stereocenters. The van der Waals surface area contributed by atoms with Crippen molar-refractivity contribution in [1.29, 1.82) is 0 Å². The normalized spacial score (nSPS) is 14.3. The van der Waals surface area contributed by atoms with E-state index in [1.807, 2.05) is 34.7 Å². The largest absolute Gasteiger partial charge is 0.379 e. The van der Waals surface area contributed by atoms with Gasteiger partial charge in [0, 0.05) is 13.1 Å². The summed E-state index contributed by atoms with van der Waals surface area (Å²) >= 11 is 0. The van der Waals surface area contributed by atoms with Crippen LogP contribution in [0.15, 0.2) is 0 Å². The van der Waals surface area contributed by atoms with Crippen LogP contribution in [0.5, 0.6) is 0 Å². The summed E-state index contributed by atoms with van der Waals surface area (Å²) in [6.07, 6.45) is 1.26. The zero-order chi connectivity index (χ0) is 13.9. The molecule has 3 heteroatoms. The highest BCUT2D eigenvalue weighted by atomic mass is 16.5. The van der Waals surface area contributed by atoms with Crippen molar-refractivity contribution in [3.8, 4) is 0 Å². The van der Waals surface area contributed by atoms with Crippen LogP contribution in [0.2, 0.25) is 0 Å². The zero-order valence-electron chi connectivity index (χ0n) is 13.3. The zero-order valence-corrected chi connectivity index (χ0v) is 13.3. The predicted molar refractivity (Wildman–Crippen MR) is 79.8 cm³/mol. The van der Waals surface area contributed by atoms with Gasteiger partial charge < -0.3 is 10.1 Å². The van der Waals surface area contributed by atoms with Crippen molar-refractivity contribution in [2.75, 3.05) is 46.4 Å². The number of rotatable bonds is 3. The van der Waals surface area contributed by atoms with Crippen molar-refractivity contribution in [3.05, 3.63) is 0 Å². The number of nitrogens with zero attached hydrogens (tertiary/aromatic N) is 1. The Morgan fingerprint density at radius 1 is 1.00 bits per heavy atom. The maximum atomic E-state index is 5.20. The summed E-state index contributed by atoms with van der Waals surface area (Å²) in [4.78, 5) is 2.45. The van der Waals surface area contributed by atoms with Crippen LogP contribution in [-0.4, -0.2) is 51.3 Å². The molecule has 1 N–H and O–H groups in total. The molecule has 1 heterocycles. The Hall–Kier alpha value is -0.120. The summed E-state index contributed by atoms with van der Waals surface area (Å²) in [5.74, 6) is 0. The molecule has 1 saturated heterocycles. The second-order valence-corrected chi connectivity index (χ2v) is 3.16. The van der Waals surface area contributed by atoms with Crippen molar-refractivity contribution in [2.24, 2.45) is 0 Å². The molecule has 0 bridgehead atoms. The summed E-state index contributed by atoms with van der Waals surface area (Å²) in [5.41, 5.74) is 0. The predicted octanol–water partition coefficient (Wildman–Crippen LogP) is 3.01. The molecule has 0 amide bonds. The van der Waals surface area contributed by atoms with E-state index in [-0.39, 0.29) is 0 Å². The Kier molecular flexibility index (Phi) is 32.4. The first-order valence-electron chi connectivity index (χ1n) is 7.29. The lowest BCUT2D eigenvalue weighted by molar-refractivity contribution is 0.0380. The fourth-order valence-corrected chi connectivity index (χ4v) is 1.14. The maximum absolute atomic E-state index is 5.20. The summed E-state index contributed by atoms with van der Waals surface area (Å²) in [6, 6.07) is 0. The Balaban J connectivity index is -0.000000208. The minimum absolute atomic E-state index is 0.931. The summed E-state index contributed by atoms with van der Waals surface area (Å²) in [5, 5.41) is 2.93. The standard InChI is InChI=1S/C7H15NO.C3H9N.2C2H6/c1-2-3-8-4-6-9-7-5-8;1-3-4-2;2*1-2/h2-7H2,1H3;4H,3H2,1-2H3;2*1-2H3. The quantitative estimate of drug-likeness (QED) is 0.831. The number of hydrogen-bond acceptors (Lipinski definition) is 3. The fraction of sp³-hybridized carbons (Fsp3) is 1.00. The molecule has 0 unspecified atom stereocenters. The van der Waals surface area contributed by atoms with Gasteiger partial charge in [0.2, 0.25) is 0 Å². The van der Waals surface area contributed by atoms with Gasteiger partial charge in [-0.3, -0.25) is 4.90 Å². The molecule has 0 aromatic heterocycles. The van der Waals surface area contributed by atoms with E-state index in [4.69, 9.17) is 4.74 Å². The van der Waals surface area contributed by atoms with Crippen LogP contribution in [0.3, 0.4) is 0 Å². The molecule has 17 heavy (non-hydrogen) atoms. The van der Waals surface area contributed by atoms with Crippen LogP contribution in [0, 0.1) is 0 Å². The monoisotopic (exact) mass is 248 g/mol. The highest BCUT2D eigenvalue weighted by molar-refractivity contribution is 4.59. The Bertz CT molecular complexity index is 89.5. The molecule has 1 aliphatic heterocycles. The first-order valence-corrected chi connectivity index (χ1v) is 7.29. The number of nitrogens with one attached hydrogen (secondary N) is 1. The summed E-state index contributed by atoms with van der Waals surface area (Å²) in [6.45, 7) is 18.7. The Labute approximate surface area is 110 Å². The molecule has 0 aromatic carbocycles. The van der Waals surface area contributed by atoms with Gasteiger partial charge in [-0.25, -0.2) is 0 Å². The van der Waals surface area contributed by atoms with Crippen molar-refractivity contribution in [1.82, 2.24) is 10.2 Å². The Morgan fingerprint density at radius 3 is 1.71 bits per heavy atom. The molecule has 0 aliphatic carbocycles. The van der Waals surface area contributed by atoms with Gasteiger partial charge >= 0.3 is 0 Å². The molecule has 3 nitrogen and oxygen atoms in total. The van der Waals surface area contributed by atoms with Crippen molar-refractivity contribution < 1.29 is 4.74 Å². The van der Waals surface area contributed by atoms with E-state index in [9.17, 15) is 0 Å². The van der Waals surface area contributed by atoms with Gasteiger partial charge in [0.1, 0.15) is 0 Å². The van der Waals surface area contributed by atoms with Gasteiger partial charge in [0.05, 0.1) is 13.2 Å². The fourth-order valence-electron chi connectivity index (χ4n) is 1.14. The van der Waals surface area contributed by atoms with E-state index in [2.05, 4.69) is 24.1 Å². The van der Waals surface area contributed by atoms with E-state index in [1.54, 1.807) is 0 Å². The van der Waals surface area contributed by atoms with Gasteiger partial charge in [0.15, 0.2) is 0 Å². The molecule has 0 spiro atoms. The van der Waals surface area contributed by atoms with E-state index < -0.39 is 0 Å². The lowest BCUT2D eigenvalue weighted by Crippen LogP contribution is -2.36. The molecule has 1 aliphatic rings. The molecular formula is C14H36N2O. The molecule has 1 fully saturated rings. The van der Waals surface area contributed by atoms with Gasteiger partial charge in [-0.1, -0.05) is 41.5 Å². The minimum Gasteiger partial charge on any atom is -0.379 e. The highest BCUT2D eigenvalue weighted by Crippen LogP contribution is 1.96. The van der Waals surface area contributed by atoms with Crippen LogP contribution >= 0.6 is 0 Å². The number of ether oxygens (including phenoxy) is 1. The summed E-state index contributed by atoms with van der Waals surface area (Å²) in [7, 11) is 1.93. The van der Waals surface area contributed by atoms with Crippen LogP contribution in [0.25, 0.3) is 0 Å². The molecule has 0 aromatic rings. The van der Waals surface area contributed by atoms with Gasteiger partial charge in [-0.2, -0.15) is 0 Å². The van der Waals surface area contributed by atoms with Gasteiger partial charge in [-0.05, 0) is 26.6 Å². The lowest BCUT2D eigenvalue weighted by Gasteiger charge is -2.25. The van der Waals surface area contributed by atoms with Crippen molar-refractivity contribution in [3.63, 3.8) is 0 Å². The lowest BCUT2D eigenvalue weighted by atomic mass is 10.4. The van der Waals surface area contributed by atoms with Crippen molar-refractivity contribution >= 4 is 0 Å². The van der Waals surface area contributed by atoms with Crippen LogP contribution in [0.4, 0.5) is 0 Å². The second kappa shape index (κ2) is 24.9. The van der Waals surface area contributed by atoms with Crippen LogP contribution < -0.4 is 5.32 Å². The average molecular weight is 248 g/mol. The molecule has 0 radical (unpaired) electrons. The van der Waals surface area contributed by atoms with E-state index >= 15 is 0 Å². The molecule has 1 rings (SSSR count). The van der Waals surface area contributed by atoms with E-state index in [1.165, 1.54) is 13.0 Å². The maximum Gasteiger partial charge on any atom is 0.0594 e. The van der Waals surface area contributed by atoms with Crippen LogP contribution in [-0.2, 0) is 4.74 Å². The Morgan fingerprint density at radius 2 is 1.41 bits per heavy atom. The van der Waals surface area contributed by atoms with Gasteiger partial charge in [-0.15, -0.1) is 0 Å². The third kappa shape index (κ3) is 21.7. The first-order chi connectivity index (χ1) is 8.35. The highest BCUT2D eigenvalue weighted by Gasteiger charge is 2.07. The first kappa shape index (κ1) is 22.1. The SMILES string of the molecule is CC.CC.CCCN1CCOCC1.CCNC. The van der Waals surface area contributed by atoms with E-state index in [0.717, 1.165) is 32.8 Å². The average Bonchev–Trinajstić information content (AvgIpc) is 2.45. The second-order valence-electron chi connectivity index (χ2n) is 3.16. The number of morpholine rings is 1. The third-order valence-corrected chi connectivity index (χ3v) is 2.00. The molecule has 108 valence electrons. The summed E-state index contributed by atoms with van der Waals surface area (Å²) < 4.78 is 5.20. The van der Waals surface area contributed by atoms with Crippen molar-refractivity contribution in [2.45, 2.75) is 48.0 Å². The minimum atomic E-state index is 0.931. The smallest absolute Gasteiger partial charge is 0.0594 e. The number of hydrogen-bond donors (Lipinski definition) is 1. The van der Waals surface area contributed by atoms with E-state index in [0.29, 0.717) is 0 Å². The van der Waals surface area contributed by atoms with Crippen LogP contribution in [0.1, 0.15) is 48.0 Å².